The van der Waals surface area contributed by atoms with E-state index in [4.69, 9.17) is 28.0 Å². The van der Waals surface area contributed by atoms with Gasteiger partial charge in [-0.3, -0.25) is 4.57 Å². The first-order valence-corrected chi connectivity index (χ1v) is 21.2. The number of halogens is 1. The van der Waals surface area contributed by atoms with Crippen LogP contribution in [0.25, 0.3) is 0 Å². The first kappa shape index (κ1) is 42.1. The van der Waals surface area contributed by atoms with E-state index in [9.17, 15) is 27.3 Å². The molecule has 2 N–H and O–H groups in total. The van der Waals surface area contributed by atoms with Crippen LogP contribution < -0.4 is 10.1 Å². The highest BCUT2D eigenvalue weighted by Crippen LogP contribution is 2.48. The normalized spacial score (nSPS) is 20.2. The lowest BCUT2D eigenvalue weighted by atomic mass is 10.0. The Hall–Kier alpha value is -2.62. The lowest BCUT2D eigenvalue weighted by Gasteiger charge is -2.31. The van der Waals surface area contributed by atoms with Crippen molar-refractivity contribution in [3.05, 3.63) is 59.9 Å². The third-order valence-electron chi connectivity index (χ3n) is 8.76. The number of nitrogens with zero attached hydrogens (tertiary/aromatic N) is 1. The molecule has 4 rings (SSSR count). The molecule has 2 heterocycles. The number of carbonyl (C=O) groups excluding carboxylic acids is 1. The zero-order chi connectivity index (χ0) is 37.7. The van der Waals surface area contributed by atoms with Crippen LogP contribution in [0.2, 0.25) is 0 Å². The van der Waals surface area contributed by atoms with Crippen LogP contribution >= 0.6 is 7.60 Å². The van der Waals surface area contributed by atoms with E-state index < -0.39 is 54.1 Å². The number of nitrogens with one attached hydrogen (secondary N) is 1. The number of aliphatic hydroxyl groups excluding tert-OH is 1. The van der Waals surface area contributed by atoms with Crippen molar-refractivity contribution in [3.63, 3.8) is 0 Å². The van der Waals surface area contributed by atoms with Crippen LogP contribution in [-0.4, -0.2) is 94.3 Å². The van der Waals surface area contributed by atoms with E-state index in [1.807, 2.05) is 27.7 Å². The van der Waals surface area contributed by atoms with Gasteiger partial charge in [0.05, 0.1) is 49.4 Å². The molecule has 0 spiro atoms. The quantitative estimate of drug-likeness (QED) is 0.105. The fourth-order valence-corrected chi connectivity index (χ4v) is 8.83. The Morgan fingerprint density at radius 3 is 2.29 bits per heavy atom. The van der Waals surface area contributed by atoms with Gasteiger partial charge in [-0.15, -0.1) is 0 Å². The van der Waals surface area contributed by atoms with Gasteiger partial charge in [-0.25, -0.2) is 17.6 Å². The van der Waals surface area contributed by atoms with Crippen LogP contribution in [0.4, 0.5) is 9.18 Å². The van der Waals surface area contributed by atoms with Crippen molar-refractivity contribution in [2.45, 2.75) is 95.7 Å². The molecule has 2 fully saturated rings. The second-order valence-corrected chi connectivity index (χ2v) is 17.5. The number of ether oxygens (including phenoxy) is 4. The van der Waals surface area contributed by atoms with Crippen molar-refractivity contribution in [1.82, 2.24) is 9.62 Å². The van der Waals surface area contributed by atoms with E-state index >= 15 is 0 Å². The summed E-state index contributed by atoms with van der Waals surface area (Å²) >= 11 is 0. The average Bonchev–Trinajstić information content (AvgIpc) is 3.73. The Bertz CT molecular complexity index is 1530. The van der Waals surface area contributed by atoms with Crippen LogP contribution in [0.15, 0.2) is 53.4 Å². The van der Waals surface area contributed by atoms with Crippen LogP contribution in [0.3, 0.4) is 0 Å². The van der Waals surface area contributed by atoms with Gasteiger partial charge in [0, 0.05) is 13.1 Å². The first-order chi connectivity index (χ1) is 24.8. The fourth-order valence-electron chi connectivity index (χ4n) is 5.86. The zero-order valence-corrected chi connectivity index (χ0v) is 32.2. The molecule has 2 aliphatic rings. The van der Waals surface area contributed by atoms with Crippen LogP contribution in [0, 0.1) is 17.7 Å². The Balaban J connectivity index is 1.49. The molecule has 0 saturated carbocycles. The number of carbonyl (C=O) groups is 1. The number of benzene rings is 2. The van der Waals surface area contributed by atoms with Crippen molar-refractivity contribution < 1.29 is 55.3 Å². The molecule has 13 nitrogen and oxygen atoms in total. The minimum atomic E-state index is -4.14. The number of amides is 1. The van der Waals surface area contributed by atoms with Gasteiger partial charge in [0.2, 0.25) is 10.0 Å². The second kappa shape index (κ2) is 20.2. The number of hydrogen-bond donors (Lipinski definition) is 2. The van der Waals surface area contributed by atoms with Crippen LogP contribution in [-0.2, 0) is 44.3 Å². The Morgan fingerprint density at radius 1 is 1.02 bits per heavy atom. The van der Waals surface area contributed by atoms with Crippen LogP contribution in [0.5, 0.6) is 5.75 Å². The predicted molar refractivity (Wildman–Crippen MR) is 192 cm³/mol. The fraction of sp³-hybridized carbons (Fsp3) is 0.639. The van der Waals surface area contributed by atoms with Gasteiger partial charge < -0.3 is 38.4 Å². The molecule has 1 unspecified atom stereocenters. The minimum absolute atomic E-state index is 0.0661. The maximum absolute atomic E-state index is 13.7. The first-order valence-electron chi connectivity index (χ1n) is 18.1. The largest absolute Gasteiger partial charge is 0.481 e. The summed E-state index contributed by atoms with van der Waals surface area (Å²) in [5.41, 5.74) is 0.684. The van der Waals surface area contributed by atoms with Crippen molar-refractivity contribution in [1.29, 1.82) is 0 Å². The van der Waals surface area contributed by atoms with Crippen molar-refractivity contribution >= 4 is 23.7 Å². The summed E-state index contributed by atoms with van der Waals surface area (Å²) in [5.74, 6) is -0.380. The number of alkyl carbamates (subject to hydrolysis) is 1. The smallest absolute Gasteiger partial charge is 0.407 e. The molecular weight excluding hydrogens is 718 g/mol. The summed E-state index contributed by atoms with van der Waals surface area (Å²) in [7, 11) is -7.63. The molecule has 2 aromatic carbocycles. The van der Waals surface area contributed by atoms with E-state index in [0.717, 1.165) is 42.1 Å². The molecule has 0 bridgehead atoms. The molecule has 52 heavy (non-hydrogen) atoms. The Morgan fingerprint density at radius 2 is 1.67 bits per heavy atom. The number of fused-ring (bicyclic) bond motifs is 1. The summed E-state index contributed by atoms with van der Waals surface area (Å²) in [6, 6.07) is 10.3. The number of rotatable bonds is 22. The van der Waals surface area contributed by atoms with E-state index in [-0.39, 0.29) is 49.2 Å². The van der Waals surface area contributed by atoms with Gasteiger partial charge >= 0.3 is 13.7 Å². The third kappa shape index (κ3) is 12.5. The molecular formula is C36H54FN2O11PS. The van der Waals surface area contributed by atoms with Gasteiger partial charge in [-0.05, 0) is 73.6 Å². The average molecular weight is 773 g/mol. The van der Waals surface area contributed by atoms with Crippen molar-refractivity contribution in [2.75, 3.05) is 45.9 Å². The number of sulfonamides is 1. The van der Waals surface area contributed by atoms with Gasteiger partial charge in [0.1, 0.15) is 17.7 Å². The minimum Gasteiger partial charge on any atom is -0.481 e. The summed E-state index contributed by atoms with van der Waals surface area (Å²) < 4.78 is 89.3. The highest BCUT2D eigenvalue weighted by atomic mass is 32.2. The monoisotopic (exact) mass is 772 g/mol. The van der Waals surface area contributed by atoms with Gasteiger partial charge in [0.15, 0.2) is 12.6 Å². The topological polar surface area (TPSA) is 159 Å². The molecule has 0 radical (unpaired) electrons. The van der Waals surface area contributed by atoms with E-state index in [1.165, 1.54) is 12.1 Å². The molecule has 16 heteroatoms. The molecule has 0 aromatic heterocycles. The highest BCUT2D eigenvalue weighted by Gasteiger charge is 2.44. The molecule has 5 atom stereocenters. The molecule has 2 aromatic rings. The lowest BCUT2D eigenvalue weighted by molar-refractivity contribution is -0.0907. The Kier molecular flexibility index (Phi) is 16.3. The molecule has 1 amide bonds. The van der Waals surface area contributed by atoms with E-state index in [1.54, 1.807) is 24.3 Å². The molecule has 292 valence electrons. The summed E-state index contributed by atoms with van der Waals surface area (Å²) in [4.78, 5) is 13.1. The van der Waals surface area contributed by atoms with E-state index in [0.29, 0.717) is 37.6 Å². The number of aliphatic hydroxyl groups is 1. The maximum Gasteiger partial charge on any atom is 0.407 e. The second-order valence-electron chi connectivity index (χ2n) is 13.6. The zero-order valence-electron chi connectivity index (χ0n) is 30.5. The van der Waals surface area contributed by atoms with E-state index in [2.05, 4.69) is 5.32 Å². The van der Waals surface area contributed by atoms with Crippen LogP contribution in [0.1, 0.15) is 65.4 Å². The predicted octanol–water partition coefficient (Wildman–Crippen LogP) is 6.10. The summed E-state index contributed by atoms with van der Waals surface area (Å²) in [6.07, 6.45) is 0.609. The van der Waals surface area contributed by atoms with Crippen molar-refractivity contribution in [3.8, 4) is 5.75 Å². The lowest BCUT2D eigenvalue weighted by Crippen LogP contribution is -2.51. The highest BCUT2D eigenvalue weighted by molar-refractivity contribution is 7.89. The summed E-state index contributed by atoms with van der Waals surface area (Å²) in [5, 5.41) is 14.4. The third-order valence-corrected chi connectivity index (χ3v) is 12.2. The Labute approximate surface area is 307 Å². The maximum atomic E-state index is 13.7. The van der Waals surface area contributed by atoms with Crippen molar-refractivity contribution in [2.24, 2.45) is 11.8 Å². The molecule has 0 aliphatic carbocycles. The molecule has 2 aliphatic heterocycles. The SMILES string of the molecule is CCCCOP(=O)(COc1ccc(C[C@H](NC(=O)OC2CO[C@H]3OCC[C@@H]23)[C@H](O)CN(CC(C)C)S(=O)(=O)c2ccc(F)cc2)cc1)OCCCC. The number of unbranched alkanes of at least 4 members (excludes halogenated alkanes) is 2. The molecule has 2 saturated heterocycles. The van der Waals surface area contributed by atoms with Gasteiger partial charge in [0.25, 0.3) is 0 Å². The number of hydrogen-bond acceptors (Lipinski definition) is 11. The summed E-state index contributed by atoms with van der Waals surface area (Å²) in [6.45, 7) is 8.67. The van der Waals surface area contributed by atoms with Gasteiger partial charge in [-0.2, -0.15) is 4.31 Å². The van der Waals surface area contributed by atoms with Gasteiger partial charge in [-0.1, -0.05) is 52.7 Å². The standard InChI is InChI=1S/C36H54FN2O11PS/c1-5-7-18-48-51(42,49-19-8-6-2)25-47-29-13-9-27(10-14-29)21-32(38-36(41)50-34-24-46-35-31(34)17-20-45-35)33(40)23-39(22-26(3)4)52(43,44)30-15-11-28(37)12-16-30/h9-16,26,31-35,40H,5-8,17-25H2,1-4H3,(H,38,41)/t31-,32-,33+,34?,35+/m0/s1.